The van der Waals surface area contributed by atoms with E-state index in [1.165, 1.54) is 36.4 Å². The Hall–Kier alpha value is -9.02. The zero-order valence-corrected chi connectivity index (χ0v) is 28.0. The first-order valence-corrected chi connectivity index (χ1v) is 16.2. The van der Waals surface area contributed by atoms with Gasteiger partial charge in [-0.3, -0.25) is 0 Å². The molecule has 8 heteroatoms. The van der Waals surface area contributed by atoms with E-state index in [0.29, 0.717) is 66.8 Å². The lowest BCUT2D eigenvalue weighted by molar-refractivity contribution is 1.43. The summed E-state index contributed by atoms with van der Waals surface area (Å²) in [4.78, 5) is 7.04. The van der Waals surface area contributed by atoms with E-state index in [1.54, 1.807) is 12.1 Å². The van der Waals surface area contributed by atoms with Crippen molar-refractivity contribution in [3.8, 4) is 36.4 Å². The molecule has 0 atom stereocenters. The van der Waals surface area contributed by atoms with Crippen LogP contribution in [-0.4, -0.2) is 0 Å². The number of nitriles is 6. The summed E-state index contributed by atoms with van der Waals surface area (Å²) in [6.45, 7) is 15.3. The first-order chi connectivity index (χ1) is 26.4. The highest BCUT2D eigenvalue weighted by Gasteiger charge is 2.37. The minimum atomic E-state index is 0.119. The van der Waals surface area contributed by atoms with Crippen LogP contribution in [0.3, 0.4) is 0 Å². The van der Waals surface area contributed by atoms with Gasteiger partial charge in [-0.2, -0.15) is 31.6 Å². The van der Waals surface area contributed by atoms with Gasteiger partial charge in [0.05, 0.1) is 58.7 Å². The molecule has 0 amide bonds. The van der Waals surface area contributed by atoms with Crippen LogP contribution in [-0.2, 0) is 0 Å². The highest BCUT2D eigenvalue weighted by atomic mass is 14.7. The molecule has 0 aliphatic heterocycles. The van der Waals surface area contributed by atoms with Crippen LogP contribution in [0, 0.1) is 81.1 Å². The molecule has 242 valence electrons. The Labute approximate surface area is 310 Å². The summed E-state index contributed by atoms with van der Waals surface area (Å²) in [5.74, 6) is 0. The molecule has 0 saturated carbocycles. The van der Waals surface area contributed by atoms with Gasteiger partial charge >= 0.3 is 0 Å². The molecule has 0 aromatic heterocycles. The lowest BCUT2D eigenvalue weighted by Crippen LogP contribution is -1.97. The molecule has 5 aromatic carbocycles. The quantitative estimate of drug-likeness (QED) is 0.136. The molecule has 0 saturated heterocycles. The van der Waals surface area contributed by atoms with Gasteiger partial charge in [0, 0.05) is 33.4 Å². The fraction of sp³-hybridized carbons (Fsp3) is 0. The van der Waals surface area contributed by atoms with Gasteiger partial charge in [0.15, 0.2) is 11.4 Å². The van der Waals surface area contributed by atoms with Gasteiger partial charge in [0.25, 0.3) is 0 Å². The number of allylic oxidation sites excluding steroid dienone is 8. The van der Waals surface area contributed by atoms with Crippen LogP contribution in [0.25, 0.3) is 54.3 Å². The molecule has 0 bridgehead atoms. The minimum absolute atomic E-state index is 0.119. The Morgan fingerprint density at radius 3 is 1.20 bits per heavy atom. The Morgan fingerprint density at radius 1 is 0.444 bits per heavy atom. The summed E-state index contributed by atoms with van der Waals surface area (Å²) in [5.41, 5.74) is 6.93. The van der Waals surface area contributed by atoms with Crippen LogP contribution in [0.2, 0.25) is 0 Å². The molecular weight excluding hydrogens is 665 g/mol. The summed E-state index contributed by atoms with van der Waals surface area (Å²) < 4.78 is 0. The summed E-state index contributed by atoms with van der Waals surface area (Å²) in [6.07, 6.45) is 0. The molecule has 0 spiro atoms. The Bertz CT molecular complexity index is 2720. The zero-order valence-electron chi connectivity index (χ0n) is 28.0. The molecule has 8 nitrogen and oxygen atoms in total. The van der Waals surface area contributed by atoms with Gasteiger partial charge in [0.1, 0.15) is 24.3 Å². The Kier molecular flexibility index (Phi) is 8.50. The van der Waals surface area contributed by atoms with E-state index >= 15 is 0 Å². The predicted molar refractivity (Wildman–Crippen MR) is 204 cm³/mol. The van der Waals surface area contributed by atoms with E-state index in [-0.39, 0.29) is 44.8 Å². The van der Waals surface area contributed by atoms with E-state index in [1.807, 2.05) is 60.7 Å². The average molecular weight is 683 g/mol. The molecule has 0 unspecified atom stereocenters. The van der Waals surface area contributed by atoms with Gasteiger partial charge < -0.3 is 0 Å². The van der Waals surface area contributed by atoms with Crippen molar-refractivity contribution in [1.29, 1.82) is 31.6 Å². The number of rotatable bonds is 4. The molecule has 54 heavy (non-hydrogen) atoms. The maximum Gasteiger partial charge on any atom is 0.177 e. The SMILES string of the molecule is [C-]#[N+]c1cc([N+]#[C-])cc(/C(C#N)=C2\C(c3ccccc3)=C(C#N)c3cc4c(cc32)C(C#N)=C(c2ccccc2)/C4=C(/C#N)c2cc(C#N)cc(C#N)c2)c1. The van der Waals surface area contributed by atoms with E-state index < -0.39 is 0 Å². The summed E-state index contributed by atoms with van der Waals surface area (Å²) in [7, 11) is 0. The fourth-order valence-electron chi connectivity index (χ4n) is 7.05. The second kappa shape index (κ2) is 13.7. The van der Waals surface area contributed by atoms with Crippen LogP contribution >= 0.6 is 0 Å². The van der Waals surface area contributed by atoms with E-state index in [2.05, 4.69) is 46.1 Å². The third-order valence-corrected chi connectivity index (χ3v) is 9.24. The van der Waals surface area contributed by atoms with E-state index in [9.17, 15) is 31.6 Å². The second-order valence-electron chi connectivity index (χ2n) is 12.1. The molecular formula is C46H18N8. The summed E-state index contributed by atoms with van der Waals surface area (Å²) in [5, 5.41) is 62.9. The highest BCUT2D eigenvalue weighted by molar-refractivity contribution is 6.34. The summed E-state index contributed by atoms with van der Waals surface area (Å²) in [6, 6.07) is 44.1. The van der Waals surface area contributed by atoms with Gasteiger partial charge in [-0.15, -0.1) is 0 Å². The van der Waals surface area contributed by atoms with Crippen LogP contribution < -0.4 is 0 Å². The summed E-state index contributed by atoms with van der Waals surface area (Å²) >= 11 is 0. The zero-order chi connectivity index (χ0) is 37.9. The lowest BCUT2D eigenvalue weighted by atomic mass is 9.87. The molecule has 2 aliphatic rings. The van der Waals surface area contributed by atoms with Crippen molar-refractivity contribution in [2.45, 2.75) is 0 Å². The second-order valence-corrected chi connectivity index (χ2v) is 12.1. The van der Waals surface area contributed by atoms with Crippen molar-refractivity contribution >= 4 is 56.0 Å². The van der Waals surface area contributed by atoms with Crippen molar-refractivity contribution in [3.63, 3.8) is 0 Å². The predicted octanol–water partition coefficient (Wildman–Crippen LogP) is 10.3. The first kappa shape index (κ1) is 33.5. The maximum atomic E-state index is 10.9. The Balaban J connectivity index is 1.66. The number of fused-ring (bicyclic) bond motifs is 2. The van der Waals surface area contributed by atoms with Crippen molar-refractivity contribution in [3.05, 3.63) is 188 Å². The lowest BCUT2D eigenvalue weighted by Gasteiger charge is -2.14. The number of hydrogen-bond donors (Lipinski definition) is 0. The van der Waals surface area contributed by atoms with Crippen molar-refractivity contribution in [2.24, 2.45) is 0 Å². The fourth-order valence-corrected chi connectivity index (χ4v) is 7.05. The van der Waals surface area contributed by atoms with E-state index in [0.717, 1.165) is 0 Å². The van der Waals surface area contributed by atoms with Crippen molar-refractivity contribution in [1.82, 2.24) is 0 Å². The largest absolute Gasteiger partial charge is 0.239 e. The van der Waals surface area contributed by atoms with Gasteiger partial charge in [-0.25, -0.2) is 9.69 Å². The third kappa shape index (κ3) is 5.35. The number of nitrogens with zero attached hydrogens (tertiary/aromatic N) is 8. The number of hydrogen-bond acceptors (Lipinski definition) is 6. The monoisotopic (exact) mass is 682 g/mol. The van der Waals surface area contributed by atoms with Crippen LogP contribution in [0.5, 0.6) is 0 Å². The van der Waals surface area contributed by atoms with Crippen molar-refractivity contribution < 1.29 is 0 Å². The molecule has 7 rings (SSSR count). The maximum absolute atomic E-state index is 10.9. The normalized spacial score (nSPS) is 14.1. The van der Waals surface area contributed by atoms with Crippen LogP contribution in [0.15, 0.2) is 109 Å². The van der Waals surface area contributed by atoms with Gasteiger partial charge in [-0.1, -0.05) is 78.9 Å². The van der Waals surface area contributed by atoms with Gasteiger partial charge in [0.2, 0.25) is 0 Å². The van der Waals surface area contributed by atoms with Gasteiger partial charge in [-0.05, 0) is 63.7 Å². The van der Waals surface area contributed by atoms with E-state index in [4.69, 9.17) is 13.1 Å². The first-order valence-electron chi connectivity index (χ1n) is 16.2. The van der Waals surface area contributed by atoms with Crippen LogP contribution in [0.4, 0.5) is 11.4 Å². The molecule has 0 heterocycles. The average Bonchev–Trinajstić information content (AvgIpc) is 3.72. The standard InChI is InChI=1S/C46H18N8/c1-53-33-16-32(17-34(18-33)54-2)40(24-50)46-38-20-35-37(19-36(38)42(26-52)44(46)30-11-7-4-8-12-30)45(43(41(35)25-51)29-9-5-3-6-10-29)39(23-49)31-14-27(21-47)13-28(15-31)22-48/h3-20H/b45-39-,46-40-. The van der Waals surface area contributed by atoms with Crippen molar-refractivity contribution in [2.75, 3.05) is 0 Å². The van der Waals surface area contributed by atoms with Crippen LogP contribution in [0.1, 0.15) is 55.6 Å². The third-order valence-electron chi connectivity index (χ3n) is 9.24. The molecule has 2 aliphatic carbocycles. The molecule has 0 fully saturated rings. The smallest absolute Gasteiger partial charge is 0.177 e. The molecule has 5 aromatic rings. The topological polar surface area (TPSA) is 151 Å². The molecule has 0 radical (unpaired) electrons. The molecule has 0 N–H and O–H groups in total. The highest BCUT2D eigenvalue weighted by Crippen LogP contribution is 2.56. The Morgan fingerprint density at radius 2 is 0.852 bits per heavy atom. The number of benzene rings is 5. The minimum Gasteiger partial charge on any atom is -0.239 e.